The van der Waals surface area contributed by atoms with Gasteiger partial charge in [-0.25, -0.2) is 9.97 Å². The van der Waals surface area contributed by atoms with E-state index < -0.39 is 0 Å². The van der Waals surface area contributed by atoms with E-state index in [4.69, 9.17) is 17.3 Å². The zero-order valence-electron chi connectivity index (χ0n) is 8.74. The van der Waals surface area contributed by atoms with Crippen LogP contribution in [0.4, 0.5) is 17.2 Å². The molecule has 2 aromatic rings. The maximum absolute atomic E-state index is 6.09. The smallest absolute Gasteiger partial charge is 0.157 e. The largest absolute Gasteiger partial charge is 0.394 e. The number of nitrogens with two attached hydrogens (primary N) is 1. The third kappa shape index (κ3) is 2.23. The number of aromatic nitrogens is 2. The van der Waals surface area contributed by atoms with Gasteiger partial charge in [0.05, 0.1) is 22.6 Å². The summed E-state index contributed by atoms with van der Waals surface area (Å²) in [5.41, 5.74) is 8.08. The third-order valence-corrected chi connectivity index (χ3v) is 2.43. The molecule has 0 atom stereocenters. The van der Waals surface area contributed by atoms with Crippen molar-refractivity contribution < 1.29 is 0 Å². The van der Waals surface area contributed by atoms with Crippen LogP contribution in [0, 0.1) is 6.92 Å². The van der Waals surface area contributed by atoms with Gasteiger partial charge in [-0.1, -0.05) is 17.7 Å². The SMILES string of the molecule is Cc1ccc(Nc2ncncc2N)c(Cl)c1. The number of anilines is 3. The average Bonchev–Trinajstić information content (AvgIpc) is 2.25. The Bertz CT molecular complexity index is 513. The van der Waals surface area contributed by atoms with Gasteiger partial charge in [0, 0.05) is 0 Å². The van der Waals surface area contributed by atoms with Crippen LogP contribution in [0.2, 0.25) is 5.02 Å². The van der Waals surface area contributed by atoms with Gasteiger partial charge in [-0.3, -0.25) is 0 Å². The Morgan fingerprint density at radius 2 is 2.19 bits per heavy atom. The van der Waals surface area contributed by atoms with E-state index in [1.807, 2.05) is 25.1 Å². The molecule has 4 nitrogen and oxygen atoms in total. The molecule has 1 heterocycles. The first-order chi connectivity index (χ1) is 7.66. The summed E-state index contributed by atoms with van der Waals surface area (Å²) < 4.78 is 0. The molecule has 0 unspecified atom stereocenters. The minimum Gasteiger partial charge on any atom is -0.394 e. The number of hydrogen-bond acceptors (Lipinski definition) is 4. The lowest BCUT2D eigenvalue weighted by atomic mass is 10.2. The van der Waals surface area contributed by atoms with E-state index in [2.05, 4.69) is 15.3 Å². The van der Waals surface area contributed by atoms with Crippen molar-refractivity contribution in [2.24, 2.45) is 0 Å². The summed E-state index contributed by atoms with van der Waals surface area (Å²) in [7, 11) is 0. The molecular formula is C11H11ClN4. The van der Waals surface area contributed by atoms with Crippen LogP contribution in [-0.2, 0) is 0 Å². The van der Waals surface area contributed by atoms with Crippen LogP contribution in [0.25, 0.3) is 0 Å². The Kier molecular flexibility index (Phi) is 2.92. The van der Waals surface area contributed by atoms with Crippen molar-refractivity contribution in [3.63, 3.8) is 0 Å². The molecule has 0 amide bonds. The summed E-state index contributed by atoms with van der Waals surface area (Å²) in [4.78, 5) is 7.85. The second-order valence-corrected chi connectivity index (χ2v) is 3.84. The van der Waals surface area contributed by atoms with Gasteiger partial charge in [0.1, 0.15) is 6.33 Å². The first-order valence-electron chi connectivity index (χ1n) is 4.75. The number of hydrogen-bond donors (Lipinski definition) is 2. The van der Waals surface area contributed by atoms with Crippen LogP contribution in [0.15, 0.2) is 30.7 Å². The average molecular weight is 235 g/mol. The van der Waals surface area contributed by atoms with E-state index >= 15 is 0 Å². The maximum Gasteiger partial charge on any atom is 0.157 e. The van der Waals surface area contributed by atoms with Gasteiger partial charge in [0.2, 0.25) is 0 Å². The van der Waals surface area contributed by atoms with Crippen molar-refractivity contribution in [3.8, 4) is 0 Å². The molecule has 2 rings (SSSR count). The number of aryl methyl sites for hydroxylation is 1. The summed E-state index contributed by atoms with van der Waals surface area (Å²) in [6.45, 7) is 1.98. The Hall–Kier alpha value is -1.81. The van der Waals surface area contributed by atoms with Gasteiger partial charge in [-0.05, 0) is 24.6 Å². The Morgan fingerprint density at radius 3 is 2.88 bits per heavy atom. The molecule has 82 valence electrons. The molecule has 1 aromatic heterocycles. The first-order valence-corrected chi connectivity index (χ1v) is 5.13. The topological polar surface area (TPSA) is 63.8 Å². The highest BCUT2D eigenvalue weighted by Gasteiger charge is 2.04. The molecule has 0 saturated heterocycles. The van der Waals surface area contributed by atoms with Crippen LogP contribution in [0.5, 0.6) is 0 Å². The number of rotatable bonds is 2. The lowest BCUT2D eigenvalue weighted by Gasteiger charge is -2.09. The quantitative estimate of drug-likeness (QED) is 0.839. The Morgan fingerprint density at radius 1 is 1.38 bits per heavy atom. The Balaban J connectivity index is 2.31. The molecular weight excluding hydrogens is 224 g/mol. The van der Waals surface area contributed by atoms with E-state index in [-0.39, 0.29) is 0 Å². The number of nitrogen functional groups attached to an aromatic ring is 1. The fourth-order valence-corrected chi connectivity index (χ4v) is 1.58. The molecule has 0 saturated carbocycles. The molecule has 5 heteroatoms. The second-order valence-electron chi connectivity index (χ2n) is 3.43. The normalized spacial score (nSPS) is 10.1. The lowest BCUT2D eigenvalue weighted by molar-refractivity contribution is 1.17. The van der Waals surface area contributed by atoms with Crippen molar-refractivity contribution in [1.29, 1.82) is 0 Å². The predicted molar refractivity (Wildman–Crippen MR) is 65.9 cm³/mol. The van der Waals surface area contributed by atoms with Crippen molar-refractivity contribution in [2.75, 3.05) is 11.1 Å². The van der Waals surface area contributed by atoms with E-state index in [0.29, 0.717) is 16.5 Å². The minimum absolute atomic E-state index is 0.485. The second kappa shape index (κ2) is 4.37. The zero-order chi connectivity index (χ0) is 11.5. The van der Waals surface area contributed by atoms with Gasteiger partial charge in [0.15, 0.2) is 5.82 Å². The van der Waals surface area contributed by atoms with Crippen LogP contribution in [-0.4, -0.2) is 9.97 Å². The molecule has 16 heavy (non-hydrogen) atoms. The van der Waals surface area contributed by atoms with Crippen molar-refractivity contribution in [2.45, 2.75) is 6.92 Å². The summed E-state index contributed by atoms with van der Waals surface area (Å²) >= 11 is 6.09. The lowest BCUT2D eigenvalue weighted by Crippen LogP contribution is -2.00. The summed E-state index contributed by atoms with van der Waals surface area (Å²) in [5.74, 6) is 0.556. The van der Waals surface area contributed by atoms with Gasteiger partial charge >= 0.3 is 0 Å². The fraction of sp³-hybridized carbons (Fsp3) is 0.0909. The summed E-state index contributed by atoms with van der Waals surface area (Å²) in [5, 5.41) is 3.70. The Labute approximate surface area is 98.5 Å². The van der Waals surface area contributed by atoms with Crippen LogP contribution in [0.3, 0.4) is 0 Å². The number of benzene rings is 1. The number of halogens is 1. The van der Waals surface area contributed by atoms with Gasteiger partial charge in [0.25, 0.3) is 0 Å². The van der Waals surface area contributed by atoms with Crippen LogP contribution >= 0.6 is 11.6 Å². The molecule has 1 aromatic carbocycles. The van der Waals surface area contributed by atoms with Crippen LogP contribution < -0.4 is 11.1 Å². The summed E-state index contributed by atoms with van der Waals surface area (Å²) in [6.07, 6.45) is 2.97. The molecule has 0 fully saturated rings. The number of nitrogens with one attached hydrogen (secondary N) is 1. The number of nitrogens with zero attached hydrogens (tertiary/aromatic N) is 2. The molecule has 0 bridgehead atoms. The monoisotopic (exact) mass is 234 g/mol. The van der Waals surface area contributed by atoms with Gasteiger partial charge in [-0.15, -0.1) is 0 Å². The standard InChI is InChI=1S/C11H11ClN4/c1-7-2-3-10(8(12)4-7)16-11-9(13)5-14-6-15-11/h2-6H,13H2,1H3,(H,14,15,16). The van der Waals surface area contributed by atoms with Crippen molar-refractivity contribution in [1.82, 2.24) is 9.97 Å². The first kappa shape index (κ1) is 10.7. The zero-order valence-corrected chi connectivity index (χ0v) is 9.49. The van der Waals surface area contributed by atoms with E-state index in [1.165, 1.54) is 12.5 Å². The molecule has 0 aliphatic rings. The van der Waals surface area contributed by atoms with Crippen LogP contribution in [0.1, 0.15) is 5.56 Å². The van der Waals surface area contributed by atoms with Gasteiger partial charge in [-0.2, -0.15) is 0 Å². The highest BCUT2D eigenvalue weighted by molar-refractivity contribution is 6.33. The molecule has 3 N–H and O–H groups in total. The van der Waals surface area contributed by atoms with Crippen molar-refractivity contribution in [3.05, 3.63) is 41.3 Å². The minimum atomic E-state index is 0.485. The third-order valence-electron chi connectivity index (χ3n) is 2.12. The molecule has 0 spiro atoms. The summed E-state index contributed by atoms with van der Waals surface area (Å²) in [6, 6.07) is 5.73. The molecule has 0 aliphatic carbocycles. The molecule has 0 aliphatic heterocycles. The van der Waals surface area contributed by atoms with Crippen molar-refractivity contribution >= 4 is 28.8 Å². The molecule has 0 radical (unpaired) electrons. The highest BCUT2D eigenvalue weighted by Crippen LogP contribution is 2.27. The fourth-order valence-electron chi connectivity index (χ4n) is 1.29. The predicted octanol–water partition coefficient (Wildman–Crippen LogP) is 2.76. The van der Waals surface area contributed by atoms with E-state index in [1.54, 1.807) is 0 Å². The highest BCUT2D eigenvalue weighted by atomic mass is 35.5. The van der Waals surface area contributed by atoms with E-state index in [9.17, 15) is 0 Å². The maximum atomic E-state index is 6.09. The van der Waals surface area contributed by atoms with Gasteiger partial charge < -0.3 is 11.1 Å². The van der Waals surface area contributed by atoms with E-state index in [0.717, 1.165) is 11.3 Å².